The van der Waals surface area contributed by atoms with E-state index in [-0.39, 0.29) is 12.0 Å². The van der Waals surface area contributed by atoms with Crippen molar-refractivity contribution in [3.8, 4) is 17.7 Å². The van der Waals surface area contributed by atoms with Crippen LogP contribution in [0, 0.1) is 37.0 Å². The number of nitrogens with zero attached hydrogens (tertiary/aromatic N) is 4. The summed E-state index contributed by atoms with van der Waals surface area (Å²) in [5, 5.41) is 14.0. The van der Waals surface area contributed by atoms with E-state index in [0.717, 1.165) is 35.2 Å². The minimum Gasteiger partial charge on any atom is -0.481 e. The molecule has 0 bridgehead atoms. The van der Waals surface area contributed by atoms with Crippen LogP contribution < -0.4 is 9.64 Å². The molecular formula is C29H32N4O4. The minimum absolute atomic E-state index is 0.304. The first-order valence-corrected chi connectivity index (χ1v) is 12.6. The van der Waals surface area contributed by atoms with Crippen LogP contribution in [-0.2, 0) is 16.6 Å². The molecule has 8 nitrogen and oxygen atoms in total. The first-order valence-electron chi connectivity index (χ1n) is 12.6. The van der Waals surface area contributed by atoms with Crippen LogP contribution in [0.1, 0.15) is 62.6 Å². The monoisotopic (exact) mass is 500 g/mol. The van der Waals surface area contributed by atoms with E-state index < -0.39 is 17.3 Å². The van der Waals surface area contributed by atoms with E-state index in [4.69, 9.17) is 9.72 Å². The van der Waals surface area contributed by atoms with E-state index in [9.17, 15) is 14.7 Å². The fourth-order valence-electron chi connectivity index (χ4n) is 5.18. The zero-order valence-electron chi connectivity index (χ0n) is 22.1. The van der Waals surface area contributed by atoms with Crippen LogP contribution >= 0.6 is 0 Å². The summed E-state index contributed by atoms with van der Waals surface area (Å²) in [4.78, 5) is 31.4. The van der Waals surface area contributed by atoms with Gasteiger partial charge in [-0.1, -0.05) is 25.8 Å². The fraction of sp³-hybridized carbons (Fsp3) is 0.448. The molecule has 1 amide bonds. The van der Waals surface area contributed by atoms with Crippen LogP contribution in [0.25, 0.3) is 11.0 Å². The van der Waals surface area contributed by atoms with Gasteiger partial charge in [-0.15, -0.1) is 5.10 Å². The number of carboxylic acids is 1. The summed E-state index contributed by atoms with van der Waals surface area (Å²) in [5.74, 6) is 4.99. The highest BCUT2D eigenvalue weighted by Gasteiger charge is 2.54. The predicted molar refractivity (Wildman–Crippen MR) is 141 cm³/mol. The van der Waals surface area contributed by atoms with Gasteiger partial charge in [-0.3, -0.25) is 19.2 Å². The highest BCUT2D eigenvalue weighted by atomic mass is 16.5. The number of rotatable bonds is 6. The first kappa shape index (κ1) is 24.8. The summed E-state index contributed by atoms with van der Waals surface area (Å²) in [6.07, 6.45) is 2.29. The second-order valence-electron chi connectivity index (χ2n) is 10.8. The normalized spacial score (nSPS) is 20.1. The topological polar surface area (TPSA) is 97.6 Å². The van der Waals surface area contributed by atoms with Crippen molar-refractivity contribution in [2.45, 2.75) is 65.9 Å². The third-order valence-electron chi connectivity index (χ3n) is 7.95. The number of carbonyl (C=O) groups is 2. The maximum Gasteiger partial charge on any atom is 0.308 e. The van der Waals surface area contributed by atoms with Gasteiger partial charge in [0.25, 0.3) is 5.88 Å². The largest absolute Gasteiger partial charge is 0.481 e. The van der Waals surface area contributed by atoms with Gasteiger partial charge in [0, 0.05) is 12.5 Å². The molecule has 2 saturated carbocycles. The van der Waals surface area contributed by atoms with Crippen LogP contribution in [0.3, 0.4) is 0 Å². The smallest absolute Gasteiger partial charge is 0.308 e. The van der Waals surface area contributed by atoms with Crippen molar-refractivity contribution in [1.29, 1.82) is 0 Å². The molecule has 2 unspecified atom stereocenters. The van der Waals surface area contributed by atoms with E-state index in [1.807, 2.05) is 46.0 Å². The van der Waals surface area contributed by atoms with Crippen LogP contribution in [0.4, 0.5) is 11.5 Å². The highest BCUT2D eigenvalue weighted by molar-refractivity contribution is 6.11. The van der Waals surface area contributed by atoms with Crippen molar-refractivity contribution in [3.63, 3.8) is 0 Å². The summed E-state index contributed by atoms with van der Waals surface area (Å²) in [6.45, 7) is 9.56. The molecule has 2 atom stereocenters. The Bertz CT molecular complexity index is 1490. The lowest BCUT2D eigenvalue weighted by atomic mass is 9.60. The van der Waals surface area contributed by atoms with Gasteiger partial charge in [-0.2, -0.15) is 0 Å². The number of carboxylic acid groups (broad SMARTS) is 1. The maximum absolute atomic E-state index is 13.4. The van der Waals surface area contributed by atoms with Gasteiger partial charge in [0.15, 0.2) is 5.52 Å². The van der Waals surface area contributed by atoms with Gasteiger partial charge < -0.3 is 9.84 Å². The molecule has 3 aromatic rings. The average molecular weight is 501 g/mol. The number of pyridine rings is 1. The summed E-state index contributed by atoms with van der Waals surface area (Å²) in [5.41, 5.74) is 4.96. The van der Waals surface area contributed by atoms with Crippen molar-refractivity contribution >= 4 is 34.4 Å². The molecule has 5 rings (SSSR count). The number of hydrogen-bond acceptors (Lipinski definition) is 5. The molecule has 2 aromatic heterocycles. The van der Waals surface area contributed by atoms with Crippen LogP contribution in [0.2, 0.25) is 0 Å². The molecule has 2 heterocycles. The van der Waals surface area contributed by atoms with E-state index in [0.29, 0.717) is 29.6 Å². The Hall–Kier alpha value is -3.86. The van der Waals surface area contributed by atoms with Crippen LogP contribution in [-0.4, -0.2) is 37.9 Å². The minimum atomic E-state index is -0.817. The summed E-state index contributed by atoms with van der Waals surface area (Å²) in [6, 6.07) is 7.91. The summed E-state index contributed by atoms with van der Waals surface area (Å²) in [7, 11) is 1.81. The van der Waals surface area contributed by atoms with Gasteiger partial charge in [-0.25, -0.2) is 4.98 Å². The highest BCUT2D eigenvalue weighted by Crippen LogP contribution is 2.49. The molecule has 8 heteroatoms. The number of anilines is 2. The Morgan fingerprint density at radius 3 is 2.51 bits per heavy atom. The lowest BCUT2D eigenvalue weighted by molar-refractivity contribution is -0.165. The molecule has 0 spiro atoms. The van der Waals surface area contributed by atoms with Gasteiger partial charge in [-0.05, 0) is 86.8 Å². The molecule has 2 aliphatic carbocycles. The Morgan fingerprint density at radius 1 is 1.19 bits per heavy atom. The van der Waals surface area contributed by atoms with Crippen molar-refractivity contribution in [1.82, 2.24) is 14.8 Å². The van der Waals surface area contributed by atoms with Gasteiger partial charge in [0.1, 0.15) is 11.9 Å². The molecule has 192 valence electrons. The Kier molecular flexibility index (Phi) is 5.98. The lowest BCUT2D eigenvalue weighted by Crippen LogP contribution is -2.55. The summed E-state index contributed by atoms with van der Waals surface area (Å²) < 4.78 is 7.93. The van der Waals surface area contributed by atoms with Crippen LogP contribution in [0.5, 0.6) is 5.88 Å². The van der Waals surface area contributed by atoms with E-state index in [1.54, 1.807) is 16.5 Å². The number of carbonyl (C=O) groups excluding carboxylic acids is 1. The second kappa shape index (κ2) is 8.91. The van der Waals surface area contributed by atoms with Crippen molar-refractivity contribution in [3.05, 3.63) is 41.0 Å². The quantitative estimate of drug-likeness (QED) is 0.477. The number of aliphatic carboxylic acids is 1. The molecule has 2 fully saturated rings. The second-order valence-corrected chi connectivity index (χ2v) is 10.8. The molecule has 1 aromatic carbocycles. The average Bonchev–Trinajstić information content (AvgIpc) is 3.63. The van der Waals surface area contributed by atoms with Crippen molar-refractivity contribution in [2.24, 2.45) is 18.4 Å². The SMILES string of the molecule is CC#CC(=O)N(c1ccc2c(n1)c(OC1CC(C(=O)O)C1(C)C)nn2C)c1cc(C)c(C)cc1C1CC1. The van der Waals surface area contributed by atoms with Crippen molar-refractivity contribution in [2.75, 3.05) is 4.90 Å². The zero-order chi connectivity index (χ0) is 26.6. The van der Waals surface area contributed by atoms with Crippen molar-refractivity contribution < 1.29 is 19.4 Å². The number of fused-ring (bicyclic) bond motifs is 1. The molecule has 0 radical (unpaired) electrons. The lowest BCUT2D eigenvalue weighted by Gasteiger charge is -2.48. The number of aryl methyl sites for hydroxylation is 3. The Morgan fingerprint density at radius 2 is 1.89 bits per heavy atom. The summed E-state index contributed by atoms with van der Waals surface area (Å²) >= 11 is 0. The molecule has 0 aliphatic heterocycles. The number of amides is 1. The Labute approximate surface area is 216 Å². The standard InChI is InChI=1S/C29H32N4O4/c1-7-8-25(34)33(22-14-17(3)16(2)13-19(22)18-9-10-18)24-12-11-21-26(30-24)27(31-32(21)6)37-23-15-20(28(35)36)29(23,4)5/h11-14,18,20,23H,9-10,15H2,1-6H3,(H,35,36). The zero-order valence-corrected chi connectivity index (χ0v) is 22.1. The molecule has 2 aliphatic rings. The van der Waals surface area contributed by atoms with E-state index in [1.165, 1.54) is 5.56 Å². The first-order chi connectivity index (χ1) is 17.5. The van der Waals surface area contributed by atoms with Crippen LogP contribution in [0.15, 0.2) is 24.3 Å². The third-order valence-corrected chi connectivity index (χ3v) is 7.95. The fourth-order valence-corrected chi connectivity index (χ4v) is 5.18. The number of aromatic nitrogens is 3. The number of ether oxygens (including phenoxy) is 1. The van der Waals surface area contributed by atoms with E-state index >= 15 is 0 Å². The molecule has 1 N–H and O–H groups in total. The number of hydrogen-bond donors (Lipinski definition) is 1. The third kappa shape index (κ3) is 4.22. The van der Waals surface area contributed by atoms with Gasteiger partial charge in [0.2, 0.25) is 0 Å². The molecule has 0 saturated heterocycles. The molecule has 37 heavy (non-hydrogen) atoms. The maximum atomic E-state index is 13.4. The molecular weight excluding hydrogens is 468 g/mol. The van der Waals surface area contributed by atoms with Gasteiger partial charge in [0.05, 0.1) is 17.1 Å². The van der Waals surface area contributed by atoms with E-state index in [2.05, 4.69) is 29.9 Å². The Balaban J connectivity index is 1.59. The number of benzene rings is 1. The van der Waals surface area contributed by atoms with Gasteiger partial charge >= 0.3 is 11.9 Å². The predicted octanol–water partition coefficient (Wildman–Crippen LogP) is 5.03.